The molecule has 0 aromatic heterocycles. The average Bonchev–Trinajstić information content (AvgIpc) is 2.49. The molecule has 1 fully saturated rings. The molecule has 116 valence electrons. The third-order valence-electron chi connectivity index (χ3n) is 3.39. The molecule has 1 heterocycles. The Morgan fingerprint density at radius 3 is 2.67 bits per heavy atom. The third kappa shape index (κ3) is 5.79. The quantitative estimate of drug-likeness (QED) is 0.786. The van der Waals surface area contributed by atoms with E-state index < -0.39 is 6.10 Å². The number of β-amino-alcohol motifs (C(OH)–C–C–N with tert-alkyl or cyclic N) is 1. The summed E-state index contributed by atoms with van der Waals surface area (Å²) in [5.74, 6) is -0.497. The van der Waals surface area contributed by atoms with Gasteiger partial charge in [-0.3, -0.25) is 9.69 Å². The first kappa shape index (κ1) is 15.9. The van der Waals surface area contributed by atoms with Gasteiger partial charge in [0, 0.05) is 26.2 Å². The number of hydrogen-bond acceptors (Lipinski definition) is 4. The first-order chi connectivity index (χ1) is 10.1. The predicted octanol–water partition coefficient (Wildman–Crippen LogP) is 0.177. The molecule has 21 heavy (non-hydrogen) atoms. The van der Waals surface area contributed by atoms with Crippen molar-refractivity contribution in [3.63, 3.8) is 0 Å². The fraction of sp³-hybridized carbons (Fsp3) is 0.533. The van der Waals surface area contributed by atoms with Crippen molar-refractivity contribution in [2.75, 3.05) is 39.4 Å². The van der Waals surface area contributed by atoms with Crippen LogP contribution in [0.3, 0.4) is 0 Å². The summed E-state index contributed by atoms with van der Waals surface area (Å²) in [6.07, 6.45) is -0.412. The first-order valence-corrected chi connectivity index (χ1v) is 7.13. The van der Waals surface area contributed by atoms with E-state index in [0.717, 1.165) is 18.7 Å². The molecule has 0 radical (unpaired) electrons. The number of morpholine rings is 1. The molecule has 1 aliphatic rings. The highest BCUT2D eigenvalue weighted by atomic mass is 19.1. The molecule has 2 N–H and O–H groups in total. The van der Waals surface area contributed by atoms with Crippen LogP contribution in [0.1, 0.15) is 5.56 Å². The second kappa shape index (κ2) is 8.07. The lowest BCUT2D eigenvalue weighted by Crippen LogP contribution is -2.44. The largest absolute Gasteiger partial charge is 0.390 e. The molecule has 1 aromatic carbocycles. The van der Waals surface area contributed by atoms with Crippen LogP contribution in [0.15, 0.2) is 24.3 Å². The van der Waals surface area contributed by atoms with Gasteiger partial charge in [0.25, 0.3) is 0 Å². The maximum absolute atomic E-state index is 12.8. The SMILES string of the molecule is O=C(Cc1ccc(F)cc1)NCC(O)CN1CCOCC1. The van der Waals surface area contributed by atoms with Gasteiger partial charge in [-0.15, -0.1) is 0 Å². The van der Waals surface area contributed by atoms with Crippen LogP contribution in [-0.4, -0.2) is 61.4 Å². The fourth-order valence-corrected chi connectivity index (χ4v) is 2.23. The lowest BCUT2D eigenvalue weighted by Gasteiger charge is -2.28. The summed E-state index contributed by atoms with van der Waals surface area (Å²) in [5.41, 5.74) is 0.747. The standard InChI is InChI=1S/C15H21FN2O3/c16-13-3-1-12(2-4-13)9-15(20)17-10-14(19)11-18-5-7-21-8-6-18/h1-4,14,19H,5-11H2,(H,17,20). The number of rotatable bonds is 6. The summed E-state index contributed by atoms with van der Waals surface area (Å²) in [5, 5.41) is 12.6. The van der Waals surface area contributed by atoms with Crippen LogP contribution < -0.4 is 5.32 Å². The van der Waals surface area contributed by atoms with Crippen LogP contribution >= 0.6 is 0 Å². The highest BCUT2D eigenvalue weighted by molar-refractivity contribution is 5.78. The van der Waals surface area contributed by atoms with E-state index in [9.17, 15) is 14.3 Å². The molecule has 0 bridgehead atoms. The van der Waals surface area contributed by atoms with Gasteiger partial charge in [-0.05, 0) is 17.7 Å². The number of nitrogens with one attached hydrogen (secondary N) is 1. The Morgan fingerprint density at radius 2 is 2.00 bits per heavy atom. The summed E-state index contributed by atoms with van der Waals surface area (Å²) in [6.45, 7) is 3.73. The number of carbonyl (C=O) groups excluding carboxylic acids is 1. The van der Waals surface area contributed by atoms with Gasteiger partial charge in [-0.25, -0.2) is 4.39 Å². The van der Waals surface area contributed by atoms with E-state index in [1.807, 2.05) is 0 Å². The molecule has 1 amide bonds. The smallest absolute Gasteiger partial charge is 0.224 e. The van der Waals surface area contributed by atoms with Crippen LogP contribution in [0.4, 0.5) is 4.39 Å². The minimum atomic E-state index is -0.597. The Hall–Kier alpha value is -1.50. The number of carbonyl (C=O) groups is 1. The normalized spacial score (nSPS) is 17.4. The van der Waals surface area contributed by atoms with E-state index >= 15 is 0 Å². The third-order valence-corrected chi connectivity index (χ3v) is 3.39. The summed E-state index contributed by atoms with van der Waals surface area (Å²) < 4.78 is 18.0. The Bertz CT molecular complexity index is 447. The summed E-state index contributed by atoms with van der Waals surface area (Å²) >= 11 is 0. The average molecular weight is 296 g/mol. The van der Waals surface area contributed by atoms with Crippen LogP contribution in [0.2, 0.25) is 0 Å². The number of nitrogens with zero attached hydrogens (tertiary/aromatic N) is 1. The van der Waals surface area contributed by atoms with Crippen molar-refractivity contribution in [1.82, 2.24) is 10.2 Å². The van der Waals surface area contributed by atoms with Gasteiger partial charge < -0.3 is 15.2 Å². The van der Waals surface area contributed by atoms with Crippen LogP contribution in [0.25, 0.3) is 0 Å². The van der Waals surface area contributed by atoms with Crippen LogP contribution in [-0.2, 0) is 16.0 Å². The van der Waals surface area contributed by atoms with E-state index in [4.69, 9.17) is 4.74 Å². The molecule has 1 atom stereocenters. The van der Waals surface area contributed by atoms with Gasteiger partial charge in [0.2, 0.25) is 5.91 Å². The van der Waals surface area contributed by atoms with Crippen LogP contribution in [0.5, 0.6) is 0 Å². The molecule has 0 saturated carbocycles. The van der Waals surface area contributed by atoms with E-state index in [0.29, 0.717) is 19.8 Å². The van der Waals surface area contributed by atoms with Crippen molar-refractivity contribution in [1.29, 1.82) is 0 Å². The minimum absolute atomic E-state index is 0.178. The molecule has 0 spiro atoms. The number of halogens is 1. The lowest BCUT2D eigenvalue weighted by molar-refractivity contribution is -0.121. The number of hydrogen-bond donors (Lipinski definition) is 2. The number of benzene rings is 1. The van der Waals surface area contributed by atoms with E-state index in [-0.39, 0.29) is 24.7 Å². The first-order valence-electron chi connectivity index (χ1n) is 7.13. The Labute approximate surface area is 123 Å². The zero-order valence-electron chi connectivity index (χ0n) is 11.9. The second-order valence-corrected chi connectivity index (χ2v) is 5.17. The number of ether oxygens (including phenoxy) is 1. The Morgan fingerprint density at radius 1 is 1.33 bits per heavy atom. The van der Waals surface area contributed by atoms with Gasteiger partial charge >= 0.3 is 0 Å². The molecule has 1 aliphatic heterocycles. The molecule has 1 unspecified atom stereocenters. The molecular weight excluding hydrogens is 275 g/mol. The van der Waals surface area contributed by atoms with Crippen molar-refractivity contribution in [3.8, 4) is 0 Å². The summed E-state index contributed by atoms with van der Waals surface area (Å²) in [6, 6.07) is 5.82. The molecule has 0 aliphatic carbocycles. The van der Waals surface area contributed by atoms with Gasteiger partial charge in [-0.2, -0.15) is 0 Å². The van der Waals surface area contributed by atoms with Gasteiger partial charge in [-0.1, -0.05) is 12.1 Å². The van der Waals surface area contributed by atoms with Crippen molar-refractivity contribution >= 4 is 5.91 Å². The highest BCUT2D eigenvalue weighted by Crippen LogP contribution is 2.03. The fourth-order valence-electron chi connectivity index (χ4n) is 2.23. The maximum atomic E-state index is 12.8. The summed E-state index contributed by atoms with van der Waals surface area (Å²) in [4.78, 5) is 13.9. The number of aliphatic hydroxyl groups excluding tert-OH is 1. The summed E-state index contributed by atoms with van der Waals surface area (Å²) in [7, 11) is 0. The lowest BCUT2D eigenvalue weighted by atomic mass is 10.1. The molecule has 6 heteroatoms. The molecule has 2 rings (SSSR count). The molecule has 1 aromatic rings. The predicted molar refractivity (Wildman–Crippen MR) is 76.4 cm³/mol. The number of amides is 1. The van der Waals surface area contributed by atoms with Crippen molar-refractivity contribution in [2.24, 2.45) is 0 Å². The van der Waals surface area contributed by atoms with E-state index in [1.165, 1.54) is 12.1 Å². The maximum Gasteiger partial charge on any atom is 0.224 e. The topological polar surface area (TPSA) is 61.8 Å². The Kier molecular flexibility index (Phi) is 6.10. The molecule has 1 saturated heterocycles. The highest BCUT2D eigenvalue weighted by Gasteiger charge is 2.15. The second-order valence-electron chi connectivity index (χ2n) is 5.17. The Balaban J connectivity index is 1.66. The van der Waals surface area contributed by atoms with Gasteiger partial charge in [0.15, 0.2) is 0 Å². The zero-order valence-corrected chi connectivity index (χ0v) is 11.9. The number of aliphatic hydroxyl groups is 1. The molecule has 5 nitrogen and oxygen atoms in total. The minimum Gasteiger partial charge on any atom is -0.390 e. The monoisotopic (exact) mass is 296 g/mol. The van der Waals surface area contributed by atoms with E-state index in [1.54, 1.807) is 12.1 Å². The van der Waals surface area contributed by atoms with E-state index in [2.05, 4.69) is 10.2 Å². The van der Waals surface area contributed by atoms with Crippen molar-refractivity contribution in [3.05, 3.63) is 35.6 Å². The zero-order chi connectivity index (χ0) is 15.1. The van der Waals surface area contributed by atoms with Gasteiger partial charge in [0.05, 0.1) is 25.7 Å². The van der Waals surface area contributed by atoms with Crippen molar-refractivity contribution in [2.45, 2.75) is 12.5 Å². The molecular formula is C15H21FN2O3. The van der Waals surface area contributed by atoms with Crippen LogP contribution in [0, 0.1) is 5.82 Å². The van der Waals surface area contributed by atoms with Gasteiger partial charge in [0.1, 0.15) is 5.82 Å². The van der Waals surface area contributed by atoms with Crippen molar-refractivity contribution < 1.29 is 19.0 Å².